The standard InChI is InChI=1S/C12H22N2O2/c1-5-6-8-13-9-7-10-14-11(15)16-12(2,3)4/h5-6,8,13H,1,7,9-10H2,2-4H3,(H,14,15)/b8-6-. The van der Waals surface area contributed by atoms with Crippen molar-refractivity contribution in [1.29, 1.82) is 0 Å². The molecule has 0 aliphatic carbocycles. The summed E-state index contributed by atoms with van der Waals surface area (Å²) in [5, 5.41) is 5.75. The number of amides is 1. The molecule has 0 radical (unpaired) electrons. The Morgan fingerprint density at radius 3 is 2.62 bits per heavy atom. The van der Waals surface area contributed by atoms with Crippen molar-refractivity contribution in [3.05, 3.63) is 24.9 Å². The Hall–Kier alpha value is -1.45. The number of hydrogen-bond acceptors (Lipinski definition) is 3. The average molecular weight is 226 g/mol. The summed E-state index contributed by atoms with van der Waals surface area (Å²) in [4.78, 5) is 11.2. The van der Waals surface area contributed by atoms with Crippen LogP contribution in [0.3, 0.4) is 0 Å². The van der Waals surface area contributed by atoms with Crippen molar-refractivity contribution >= 4 is 6.09 Å². The van der Waals surface area contributed by atoms with Gasteiger partial charge in [0.05, 0.1) is 0 Å². The van der Waals surface area contributed by atoms with Gasteiger partial charge in [-0.1, -0.05) is 12.7 Å². The Balaban J connectivity index is 3.42. The molecule has 0 heterocycles. The maximum atomic E-state index is 11.2. The van der Waals surface area contributed by atoms with E-state index in [9.17, 15) is 4.79 Å². The predicted octanol–water partition coefficient (Wildman–Crippen LogP) is 2.19. The number of allylic oxidation sites excluding steroid dienone is 2. The number of ether oxygens (including phenoxy) is 1. The highest BCUT2D eigenvalue weighted by Crippen LogP contribution is 2.06. The van der Waals surface area contributed by atoms with E-state index in [1.807, 2.05) is 33.0 Å². The lowest BCUT2D eigenvalue weighted by molar-refractivity contribution is 0.0527. The molecule has 92 valence electrons. The minimum atomic E-state index is -0.435. The lowest BCUT2D eigenvalue weighted by Crippen LogP contribution is -2.33. The van der Waals surface area contributed by atoms with Gasteiger partial charge in [0.25, 0.3) is 0 Å². The van der Waals surface area contributed by atoms with Gasteiger partial charge in [-0.05, 0) is 39.5 Å². The molecule has 4 heteroatoms. The molecule has 0 aromatic heterocycles. The first kappa shape index (κ1) is 14.6. The molecular weight excluding hydrogens is 204 g/mol. The first-order valence-corrected chi connectivity index (χ1v) is 5.43. The highest BCUT2D eigenvalue weighted by atomic mass is 16.6. The summed E-state index contributed by atoms with van der Waals surface area (Å²) in [7, 11) is 0. The molecule has 2 N–H and O–H groups in total. The molecule has 0 aromatic carbocycles. The van der Waals surface area contributed by atoms with E-state index in [1.165, 1.54) is 0 Å². The van der Waals surface area contributed by atoms with Crippen molar-refractivity contribution in [3.63, 3.8) is 0 Å². The zero-order chi connectivity index (χ0) is 12.4. The van der Waals surface area contributed by atoms with Crippen molar-refractivity contribution < 1.29 is 9.53 Å². The highest BCUT2D eigenvalue weighted by Gasteiger charge is 2.15. The molecule has 0 aliphatic heterocycles. The fourth-order valence-electron chi connectivity index (χ4n) is 0.914. The molecule has 4 nitrogen and oxygen atoms in total. The Morgan fingerprint density at radius 1 is 1.38 bits per heavy atom. The van der Waals surface area contributed by atoms with Crippen molar-refractivity contribution in [1.82, 2.24) is 10.6 Å². The van der Waals surface area contributed by atoms with Gasteiger partial charge >= 0.3 is 6.09 Å². The molecule has 0 unspecified atom stereocenters. The molecule has 0 rings (SSSR count). The van der Waals surface area contributed by atoms with Gasteiger partial charge in [0.1, 0.15) is 5.60 Å². The van der Waals surface area contributed by atoms with Gasteiger partial charge < -0.3 is 15.4 Å². The van der Waals surface area contributed by atoms with E-state index in [2.05, 4.69) is 17.2 Å². The minimum Gasteiger partial charge on any atom is -0.444 e. The topological polar surface area (TPSA) is 50.4 Å². The Kier molecular flexibility index (Phi) is 7.09. The molecule has 16 heavy (non-hydrogen) atoms. The SMILES string of the molecule is C=C/C=C\NCCCNC(=O)OC(C)(C)C. The minimum absolute atomic E-state index is 0.367. The predicted molar refractivity (Wildman–Crippen MR) is 66.2 cm³/mol. The van der Waals surface area contributed by atoms with Crippen LogP contribution in [-0.4, -0.2) is 24.8 Å². The van der Waals surface area contributed by atoms with Crippen molar-refractivity contribution in [2.24, 2.45) is 0 Å². The Bertz CT molecular complexity index is 242. The van der Waals surface area contributed by atoms with Gasteiger partial charge in [0.15, 0.2) is 0 Å². The van der Waals surface area contributed by atoms with Gasteiger partial charge in [-0.3, -0.25) is 0 Å². The fraction of sp³-hybridized carbons (Fsp3) is 0.583. The molecule has 0 aliphatic rings. The third kappa shape index (κ3) is 10.6. The largest absolute Gasteiger partial charge is 0.444 e. The molecule has 0 atom stereocenters. The summed E-state index contributed by atoms with van der Waals surface area (Å²) >= 11 is 0. The number of rotatable bonds is 6. The van der Waals surface area contributed by atoms with E-state index in [1.54, 1.807) is 6.08 Å². The fourth-order valence-corrected chi connectivity index (χ4v) is 0.914. The quantitative estimate of drug-likeness (QED) is 0.539. The lowest BCUT2D eigenvalue weighted by atomic mass is 10.2. The van der Waals surface area contributed by atoms with Crippen LogP contribution in [0.1, 0.15) is 27.2 Å². The smallest absolute Gasteiger partial charge is 0.407 e. The zero-order valence-electron chi connectivity index (χ0n) is 10.4. The third-order valence-electron chi connectivity index (χ3n) is 1.52. The summed E-state index contributed by atoms with van der Waals surface area (Å²) in [5.41, 5.74) is -0.435. The van der Waals surface area contributed by atoms with Crippen molar-refractivity contribution in [2.75, 3.05) is 13.1 Å². The molecule has 0 saturated carbocycles. The van der Waals surface area contributed by atoms with Gasteiger partial charge in [-0.2, -0.15) is 0 Å². The Morgan fingerprint density at radius 2 is 2.06 bits per heavy atom. The molecule has 0 fully saturated rings. The van der Waals surface area contributed by atoms with Crippen LogP contribution < -0.4 is 10.6 Å². The summed E-state index contributed by atoms with van der Waals surface area (Å²) in [6, 6.07) is 0. The molecule has 0 bridgehead atoms. The van der Waals surface area contributed by atoms with Crippen molar-refractivity contribution in [3.8, 4) is 0 Å². The first-order chi connectivity index (χ1) is 7.45. The number of nitrogens with one attached hydrogen (secondary N) is 2. The molecule has 1 amide bonds. The monoisotopic (exact) mass is 226 g/mol. The van der Waals surface area contributed by atoms with Gasteiger partial charge in [0.2, 0.25) is 0 Å². The Labute approximate surface area is 97.7 Å². The van der Waals surface area contributed by atoms with Crippen LogP contribution in [0.15, 0.2) is 24.9 Å². The second kappa shape index (κ2) is 7.79. The summed E-state index contributed by atoms with van der Waals surface area (Å²) < 4.78 is 5.09. The van der Waals surface area contributed by atoms with Crippen LogP contribution in [0.2, 0.25) is 0 Å². The van der Waals surface area contributed by atoms with Crippen LogP contribution in [0.25, 0.3) is 0 Å². The summed E-state index contributed by atoms with van der Waals surface area (Å²) in [6.45, 7) is 10.5. The van der Waals surface area contributed by atoms with Crippen LogP contribution in [0.4, 0.5) is 4.79 Å². The van der Waals surface area contributed by atoms with Gasteiger partial charge in [-0.15, -0.1) is 0 Å². The second-order valence-electron chi connectivity index (χ2n) is 4.33. The zero-order valence-corrected chi connectivity index (χ0v) is 10.4. The maximum Gasteiger partial charge on any atom is 0.407 e. The molecule has 0 saturated heterocycles. The van der Waals surface area contributed by atoms with Crippen LogP contribution in [0.5, 0.6) is 0 Å². The lowest BCUT2D eigenvalue weighted by Gasteiger charge is -2.19. The molecular formula is C12H22N2O2. The molecule has 0 spiro atoms. The number of carbonyl (C=O) groups is 1. The molecule has 0 aromatic rings. The van der Waals surface area contributed by atoms with E-state index in [-0.39, 0.29) is 6.09 Å². The second-order valence-corrected chi connectivity index (χ2v) is 4.33. The first-order valence-electron chi connectivity index (χ1n) is 5.43. The van der Waals surface area contributed by atoms with Crippen LogP contribution >= 0.6 is 0 Å². The van der Waals surface area contributed by atoms with E-state index >= 15 is 0 Å². The van der Waals surface area contributed by atoms with Crippen LogP contribution in [-0.2, 0) is 4.74 Å². The number of carbonyl (C=O) groups excluding carboxylic acids is 1. The van der Waals surface area contributed by atoms with Crippen LogP contribution in [0, 0.1) is 0 Å². The summed E-state index contributed by atoms with van der Waals surface area (Å²) in [5.74, 6) is 0. The number of hydrogen-bond donors (Lipinski definition) is 2. The van der Waals surface area contributed by atoms with E-state index < -0.39 is 5.60 Å². The average Bonchev–Trinajstić information content (AvgIpc) is 2.13. The van der Waals surface area contributed by atoms with E-state index in [0.717, 1.165) is 13.0 Å². The summed E-state index contributed by atoms with van der Waals surface area (Å²) in [6.07, 6.45) is 5.82. The maximum absolute atomic E-state index is 11.2. The van der Waals surface area contributed by atoms with Gasteiger partial charge in [0, 0.05) is 13.1 Å². The van der Waals surface area contributed by atoms with E-state index in [4.69, 9.17) is 4.74 Å². The van der Waals surface area contributed by atoms with E-state index in [0.29, 0.717) is 6.54 Å². The third-order valence-corrected chi connectivity index (χ3v) is 1.52. The normalized spacial score (nSPS) is 11.2. The van der Waals surface area contributed by atoms with Crippen molar-refractivity contribution in [2.45, 2.75) is 32.8 Å². The number of alkyl carbamates (subject to hydrolysis) is 1. The highest BCUT2D eigenvalue weighted by molar-refractivity contribution is 5.67. The van der Waals surface area contributed by atoms with Gasteiger partial charge in [-0.25, -0.2) is 4.79 Å².